The summed E-state index contributed by atoms with van der Waals surface area (Å²) in [4.78, 5) is 5.32. The van der Waals surface area contributed by atoms with Gasteiger partial charge in [0, 0.05) is 32.7 Å². The van der Waals surface area contributed by atoms with Gasteiger partial charge in [-0.15, -0.1) is 0 Å². The molecular weight excluding hydrogens is 280 g/mol. The maximum Gasteiger partial charge on any atom is 0.0110 e. The number of allylic oxidation sites excluding steroid dienone is 2. The molecule has 2 heteroatoms. The topological polar surface area (TPSA) is 6.48 Å². The number of rotatable bonds is 5. The average Bonchev–Trinajstić information content (AvgIpc) is 2.96. The molecule has 1 fully saturated rings. The van der Waals surface area contributed by atoms with Crippen LogP contribution in [0.4, 0.5) is 0 Å². The average molecular weight is 329 g/mol. The van der Waals surface area contributed by atoms with Gasteiger partial charge in [0.15, 0.2) is 0 Å². The molecule has 23 heavy (non-hydrogen) atoms. The summed E-state index contributed by atoms with van der Waals surface area (Å²) in [6, 6.07) is 0. The van der Waals surface area contributed by atoms with Crippen LogP contribution in [-0.4, -0.2) is 49.1 Å². The van der Waals surface area contributed by atoms with E-state index >= 15 is 0 Å². The van der Waals surface area contributed by atoms with E-state index in [0.29, 0.717) is 0 Å². The van der Waals surface area contributed by atoms with E-state index in [2.05, 4.69) is 29.7 Å². The zero-order valence-corrected chi connectivity index (χ0v) is 15.6. The van der Waals surface area contributed by atoms with Crippen LogP contribution in [0.5, 0.6) is 0 Å². The SMILES string of the molecule is C.C.CC.CC.CCCCN1CCN(CC2CC=C(C)C2)CC1. The summed E-state index contributed by atoms with van der Waals surface area (Å²) in [6.07, 6.45) is 7.79. The Morgan fingerprint density at radius 2 is 1.48 bits per heavy atom. The molecule has 1 aliphatic carbocycles. The molecule has 1 heterocycles. The quantitative estimate of drug-likeness (QED) is 0.564. The first-order valence-electron chi connectivity index (χ1n) is 9.38. The van der Waals surface area contributed by atoms with Gasteiger partial charge in [-0.2, -0.15) is 0 Å². The summed E-state index contributed by atoms with van der Waals surface area (Å²) in [5.74, 6) is 0.914. The van der Waals surface area contributed by atoms with E-state index in [-0.39, 0.29) is 14.9 Å². The lowest BCUT2D eigenvalue weighted by molar-refractivity contribution is 0.118. The fourth-order valence-corrected chi connectivity index (χ4v) is 3.07. The third-order valence-electron chi connectivity index (χ3n) is 4.22. The predicted molar refractivity (Wildman–Crippen MR) is 110 cm³/mol. The molecule has 0 aromatic carbocycles. The van der Waals surface area contributed by atoms with E-state index in [1.165, 1.54) is 65.0 Å². The van der Waals surface area contributed by atoms with Crippen LogP contribution in [0.2, 0.25) is 0 Å². The lowest BCUT2D eigenvalue weighted by Gasteiger charge is -2.36. The smallest absolute Gasteiger partial charge is 0.0110 e. The summed E-state index contributed by atoms with van der Waals surface area (Å²) in [5.41, 5.74) is 1.61. The Balaban J connectivity index is -0.000000619. The molecule has 1 saturated heterocycles. The van der Waals surface area contributed by atoms with Gasteiger partial charge in [0.1, 0.15) is 0 Å². The summed E-state index contributed by atoms with van der Waals surface area (Å²) < 4.78 is 0. The van der Waals surface area contributed by atoms with Crippen LogP contribution in [-0.2, 0) is 0 Å². The molecule has 0 aromatic rings. The first-order valence-corrected chi connectivity index (χ1v) is 9.38. The summed E-state index contributed by atoms with van der Waals surface area (Å²) in [5, 5.41) is 0. The van der Waals surface area contributed by atoms with E-state index in [9.17, 15) is 0 Å². The molecule has 2 aliphatic rings. The molecule has 0 spiro atoms. The maximum atomic E-state index is 2.68. The van der Waals surface area contributed by atoms with Crippen LogP contribution in [0.3, 0.4) is 0 Å². The van der Waals surface area contributed by atoms with Crippen molar-refractivity contribution in [1.82, 2.24) is 9.80 Å². The van der Waals surface area contributed by atoms with Gasteiger partial charge in [-0.25, -0.2) is 0 Å². The van der Waals surface area contributed by atoms with Crippen molar-refractivity contribution in [3.63, 3.8) is 0 Å². The van der Waals surface area contributed by atoms with Crippen molar-refractivity contribution in [2.45, 2.75) is 82.1 Å². The Morgan fingerprint density at radius 3 is 1.91 bits per heavy atom. The number of unbranched alkanes of at least 4 members (excludes halogenated alkanes) is 1. The third kappa shape index (κ3) is 11.8. The van der Waals surface area contributed by atoms with Crippen molar-refractivity contribution in [3.8, 4) is 0 Å². The molecule has 0 bridgehead atoms. The molecule has 0 N–H and O–H groups in total. The second-order valence-electron chi connectivity index (χ2n) is 5.85. The molecular formula is C21H48N2. The first kappa shape index (κ1) is 27.5. The van der Waals surface area contributed by atoms with Crippen LogP contribution < -0.4 is 0 Å². The van der Waals surface area contributed by atoms with Gasteiger partial charge in [0.25, 0.3) is 0 Å². The van der Waals surface area contributed by atoms with E-state index in [4.69, 9.17) is 0 Å². The first-order chi connectivity index (χ1) is 10.3. The molecule has 142 valence electrons. The van der Waals surface area contributed by atoms with Crippen molar-refractivity contribution in [2.75, 3.05) is 39.3 Å². The van der Waals surface area contributed by atoms with Crippen molar-refractivity contribution in [1.29, 1.82) is 0 Å². The Bertz CT molecular complexity index is 253. The lowest BCUT2D eigenvalue weighted by atomic mass is 10.0. The second-order valence-corrected chi connectivity index (χ2v) is 5.85. The minimum atomic E-state index is 0. The maximum absolute atomic E-state index is 2.68. The van der Waals surface area contributed by atoms with Gasteiger partial charge in [-0.05, 0) is 38.6 Å². The van der Waals surface area contributed by atoms with Crippen LogP contribution >= 0.6 is 0 Å². The van der Waals surface area contributed by atoms with Crippen molar-refractivity contribution >= 4 is 0 Å². The Labute approximate surface area is 149 Å². The number of hydrogen-bond acceptors (Lipinski definition) is 2. The van der Waals surface area contributed by atoms with Gasteiger partial charge < -0.3 is 9.80 Å². The minimum absolute atomic E-state index is 0. The fourth-order valence-electron chi connectivity index (χ4n) is 3.07. The molecule has 1 atom stereocenters. The largest absolute Gasteiger partial charge is 0.301 e. The van der Waals surface area contributed by atoms with Gasteiger partial charge in [0.2, 0.25) is 0 Å². The van der Waals surface area contributed by atoms with Gasteiger partial charge in [-0.3, -0.25) is 0 Å². The minimum Gasteiger partial charge on any atom is -0.301 e. The number of piperazine rings is 1. The molecule has 2 rings (SSSR count). The summed E-state index contributed by atoms with van der Waals surface area (Å²) >= 11 is 0. The highest BCUT2D eigenvalue weighted by molar-refractivity contribution is 5.07. The molecule has 2 nitrogen and oxygen atoms in total. The normalized spacial score (nSPS) is 20.8. The van der Waals surface area contributed by atoms with E-state index in [1.54, 1.807) is 5.57 Å². The lowest BCUT2D eigenvalue weighted by Crippen LogP contribution is -2.47. The molecule has 0 radical (unpaired) electrons. The molecule has 0 saturated carbocycles. The van der Waals surface area contributed by atoms with Crippen LogP contribution in [0.15, 0.2) is 11.6 Å². The Kier molecular flexibility index (Phi) is 21.5. The molecule has 1 aliphatic heterocycles. The van der Waals surface area contributed by atoms with Crippen LogP contribution in [0, 0.1) is 5.92 Å². The monoisotopic (exact) mass is 328 g/mol. The van der Waals surface area contributed by atoms with Crippen molar-refractivity contribution in [3.05, 3.63) is 11.6 Å². The van der Waals surface area contributed by atoms with Gasteiger partial charge in [-0.1, -0.05) is 67.5 Å². The number of nitrogens with zero attached hydrogens (tertiary/aromatic N) is 2. The van der Waals surface area contributed by atoms with E-state index in [1.807, 2.05) is 27.7 Å². The summed E-state index contributed by atoms with van der Waals surface area (Å²) in [6.45, 7) is 20.4. The Hall–Kier alpha value is -0.340. The van der Waals surface area contributed by atoms with E-state index < -0.39 is 0 Å². The molecule has 0 amide bonds. The van der Waals surface area contributed by atoms with Crippen molar-refractivity contribution in [2.24, 2.45) is 5.92 Å². The van der Waals surface area contributed by atoms with Crippen LogP contribution in [0.25, 0.3) is 0 Å². The van der Waals surface area contributed by atoms with E-state index in [0.717, 1.165) is 5.92 Å². The highest BCUT2D eigenvalue weighted by atomic mass is 15.3. The molecule has 1 unspecified atom stereocenters. The Morgan fingerprint density at radius 1 is 0.957 bits per heavy atom. The van der Waals surface area contributed by atoms with Crippen molar-refractivity contribution < 1.29 is 0 Å². The second kappa shape index (κ2) is 18.0. The third-order valence-corrected chi connectivity index (χ3v) is 4.22. The fraction of sp³-hybridized carbons (Fsp3) is 0.905. The summed E-state index contributed by atoms with van der Waals surface area (Å²) in [7, 11) is 0. The zero-order chi connectivity index (χ0) is 16.1. The zero-order valence-electron chi connectivity index (χ0n) is 15.6. The van der Waals surface area contributed by atoms with Gasteiger partial charge >= 0.3 is 0 Å². The van der Waals surface area contributed by atoms with Gasteiger partial charge in [0.05, 0.1) is 0 Å². The highest BCUT2D eigenvalue weighted by Crippen LogP contribution is 2.25. The predicted octanol–water partition coefficient (Wildman–Crippen LogP) is 6.09. The van der Waals surface area contributed by atoms with Crippen LogP contribution in [0.1, 0.15) is 82.1 Å². The standard InChI is InChI=1S/C15H28N2.2C2H6.2CH4/c1-3-4-7-16-8-10-17(11-9-16)13-15-6-5-14(2)12-15;2*1-2;;/h5,15H,3-4,6-13H2,1-2H3;2*1-2H3;2*1H4. The highest BCUT2D eigenvalue weighted by Gasteiger charge is 2.21. The number of hydrogen-bond donors (Lipinski definition) is 0. The molecule has 0 aromatic heterocycles.